The molecule has 0 spiro atoms. The highest BCUT2D eigenvalue weighted by Gasteiger charge is 2.49. The second-order valence-electron chi connectivity index (χ2n) is 8.83. The molecule has 10 heteroatoms. The number of ether oxygens (including phenoxy) is 1. The first-order valence-electron chi connectivity index (χ1n) is 11.3. The lowest BCUT2D eigenvalue weighted by molar-refractivity contribution is -0.149. The van der Waals surface area contributed by atoms with Crippen molar-refractivity contribution in [2.24, 2.45) is 0 Å². The van der Waals surface area contributed by atoms with E-state index in [1.165, 1.54) is 12.5 Å². The molecule has 176 valence electrons. The molecule has 2 amide bonds. The molecule has 33 heavy (non-hydrogen) atoms. The molecule has 8 nitrogen and oxygen atoms in total. The average Bonchev–Trinajstić information content (AvgIpc) is 3.54. The van der Waals surface area contributed by atoms with Crippen LogP contribution in [0.4, 0.5) is 0 Å². The van der Waals surface area contributed by atoms with Crippen LogP contribution in [0.5, 0.6) is 0 Å². The lowest BCUT2D eigenvalue weighted by Gasteiger charge is -2.54. The lowest BCUT2D eigenvalue weighted by atomic mass is 9.90. The number of amides is 2. The number of nitrogens with zero attached hydrogens (tertiary/aromatic N) is 4. The molecular formula is C23H26Cl2N4O4. The van der Waals surface area contributed by atoms with Crippen LogP contribution in [-0.4, -0.2) is 89.2 Å². The van der Waals surface area contributed by atoms with Gasteiger partial charge in [0.2, 0.25) is 5.91 Å². The van der Waals surface area contributed by atoms with Gasteiger partial charge in [0.25, 0.3) is 5.91 Å². The second-order valence-corrected chi connectivity index (χ2v) is 9.64. The molecule has 3 aliphatic rings. The van der Waals surface area contributed by atoms with E-state index in [1.54, 1.807) is 12.1 Å². The fourth-order valence-corrected chi connectivity index (χ4v) is 5.64. The summed E-state index contributed by atoms with van der Waals surface area (Å²) in [7, 11) is 0. The van der Waals surface area contributed by atoms with Gasteiger partial charge in [-0.1, -0.05) is 34.4 Å². The highest BCUT2D eigenvalue weighted by Crippen LogP contribution is 2.31. The van der Waals surface area contributed by atoms with E-state index in [2.05, 4.69) is 10.1 Å². The van der Waals surface area contributed by atoms with Crippen LogP contribution in [0.3, 0.4) is 0 Å². The van der Waals surface area contributed by atoms with Gasteiger partial charge in [-0.05, 0) is 43.6 Å². The van der Waals surface area contributed by atoms with Gasteiger partial charge < -0.3 is 19.1 Å². The van der Waals surface area contributed by atoms with Gasteiger partial charge in [0, 0.05) is 13.1 Å². The standard InChI is InChI=1S/C23H26Cl2N4O4/c24-17-4-3-15(9-18(17)25)10-21(30)29-8-7-28(23(31)16-11-26-33-12-16)20-14-32-13-19(22(20)29)27-5-1-2-6-27/h3-4,9,11-12,19-20,22H,1-2,5-8,10,13-14H2/t19?,20?,22-/m1/s1. The Hall–Kier alpha value is -2.13. The van der Waals surface area contributed by atoms with E-state index in [4.69, 9.17) is 32.5 Å². The smallest absolute Gasteiger partial charge is 0.259 e. The average molecular weight is 493 g/mol. The molecule has 5 rings (SSSR count). The Morgan fingerprint density at radius 3 is 2.48 bits per heavy atom. The fourth-order valence-electron chi connectivity index (χ4n) is 5.32. The molecule has 0 radical (unpaired) electrons. The van der Waals surface area contributed by atoms with Crippen molar-refractivity contribution < 1.29 is 18.8 Å². The summed E-state index contributed by atoms with van der Waals surface area (Å²) in [6.07, 6.45) is 5.29. The van der Waals surface area contributed by atoms with Crippen LogP contribution in [0, 0.1) is 0 Å². The molecule has 2 unspecified atom stereocenters. The van der Waals surface area contributed by atoms with Gasteiger partial charge in [-0.3, -0.25) is 14.5 Å². The second kappa shape index (κ2) is 9.62. The van der Waals surface area contributed by atoms with Gasteiger partial charge in [-0.15, -0.1) is 0 Å². The molecule has 0 aliphatic carbocycles. The van der Waals surface area contributed by atoms with E-state index in [9.17, 15) is 9.59 Å². The van der Waals surface area contributed by atoms with E-state index in [-0.39, 0.29) is 36.4 Å². The van der Waals surface area contributed by atoms with Crippen molar-refractivity contribution in [1.82, 2.24) is 19.9 Å². The van der Waals surface area contributed by atoms with Gasteiger partial charge in [0.15, 0.2) is 0 Å². The number of carbonyl (C=O) groups excluding carboxylic acids is 2. The van der Waals surface area contributed by atoms with Crippen molar-refractivity contribution >= 4 is 35.0 Å². The summed E-state index contributed by atoms with van der Waals surface area (Å²) < 4.78 is 10.9. The maximum atomic E-state index is 13.5. The summed E-state index contributed by atoms with van der Waals surface area (Å²) in [6.45, 7) is 3.78. The molecule has 0 bridgehead atoms. The van der Waals surface area contributed by atoms with Crippen LogP contribution in [0.25, 0.3) is 0 Å². The van der Waals surface area contributed by atoms with Crippen LogP contribution in [0.1, 0.15) is 28.8 Å². The van der Waals surface area contributed by atoms with Gasteiger partial charge >= 0.3 is 0 Å². The normalized spacial score (nSPS) is 25.8. The minimum atomic E-state index is -0.238. The highest BCUT2D eigenvalue weighted by atomic mass is 35.5. The molecule has 3 fully saturated rings. The molecular weight excluding hydrogens is 467 g/mol. The zero-order valence-corrected chi connectivity index (χ0v) is 19.7. The summed E-state index contributed by atoms with van der Waals surface area (Å²) in [6, 6.07) is 4.95. The fraction of sp³-hybridized carbons (Fsp3) is 0.522. The van der Waals surface area contributed by atoms with Crippen LogP contribution < -0.4 is 0 Å². The number of rotatable bonds is 4. The van der Waals surface area contributed by atoms with Crippen molar-refractivity contribution in [3.05, 3.63) is 51.8 Å². The monoisotopic (exact) mass is 492 g/mol. The number of aromatic nitrogens is 1. The molecule has 0 N–H and O–H groups in total. The Morgan fingerprint density at radius 2 is 1.76 bits per heavy atom. The first-order valence-corrected chi connectivity index (χ1v) is 12.0. The molecule has 3 saturated heterocycles. The molecule has 3 atom stereocenters. The Kier molecular flexibility index (Phi) is 6.60. The Labute approximate surface area is 202 Å². The Balaban J connectivity index is 1.42. The van der Waals surface area contributed by atoms with Crippen LogP contribution in [0.2, 0.25) is 10.0 Å². The molecule has 1 aromatic heterocycles. The SMILES string of the molecule is O=C(c1cnoc1)N1CCN(C(=O)Cc2ccc(Cl)c(Cl)c2)[C@@H]2C(N3CCCC3)COCC21. The quantitative estimate of drug-likeness (QED) is 0.652. The van der Waals surface area contributed by atoms with E-state index < -0.39 is 0 Å². The summed E-state index contributed by atoms with van der Waals surface area (Å²) in [4.78, 5) is 32.9. The largest absolute Gasteiger partial charge is 0.378 e. The van der Waals surface area contributed by atoms with Gasteiger partial charge in [0.1, 0.15) is 6.26 Å². The zero-order valence-electron chi connectivity index (χ0n) is 18.2. The number of fused-ring (bicyclic) bond motifs is 1. The summed E-state index contributed by atoms with van der Waals surface area (Å²) in [5.74, 6) is -0.125. The Bertz CT molecular complexity index is 1010. The van der Waals surface area contributed by atoms with Gasteiger partial charge in [-0.2, -0.15) is 0 Å². The van der Waals surface area contributed by atoms with Crippen molar-refractivity contribution in [1.29, 1.82) is 0 Å². The number of carbonyl (C=O) groups is 2. The van der Waals surface area contributed by atoms with Crippen molar-refractivity contribution in [2.75, 3.05) is 39.4 Å². The molecule has 2 aromatic rings. The summed E-state index contributed by atoms with van der Waals surface area (Å²) in [5.41, 5.74) is 1.23. The first-order chi connectivity index (χ1) is 16.0. The van der Waals surface area contributed by atoms with Crippen molar-refractivity contribution in [3.8, 4) is 0 Å². The number of likely N-dealkylation sites (tertiary alicyclic amines) is 1. The van der Waals surface area contributed by atoms with Gasteiger partial charge in [0.05, 0.1) is 59.6 Å². The van der Waals surface area contributed by atoms with Gasteiger partial charge in [-0.25, -0.2) is 0 Å². The van der Waals surface area contributed by atoms with E-state index in [1.807, 2.05) is 15.9 Å². The number of benzene rings is 1. The predicted molar refractivity (Wildman–Crippen MR) is 122 cm³/mol. The third-order valence-corrected chi connectivity index (χ3v) is 7.66. The molecule has 0 saturated carbocycles. The molecule has 3 aliphatic heterocycles. The summed E-state index contributed by atoms with van der Waals surface area (Å²) in [5, 5.41) is 4.58. The van der Waals surface area contributed by atoms with Crippen LogP contribution in [-0.2, 0) is 16.0 Å². The maximum absolute atomic E-state index is 13.5. The maximum Gasteiger partial charge on any atom is 0.259 e. The minimum Gasteiger partial charge on any atom is -0.378 e. The van der Waals surface area contributed by atoms with E-state index >= 15 is 0 Å². The van der Waals surface area contributed by atoms with Crippen molar-refractivity contribution in [2.45, 2.75) is 37.4 Å². The lowest BCUT2D eigenvalue weighted by Crippen LogP contribution is -2.72. The van der Waals surface area contributed by atoms with Crippen LogP contribution in [0.15, 0.2) is 35.2 Å². The third kappa shape index (κ3) is 4.49. The van der Waals surface area contributed by atoms with Crippen LogP contribution >= 0.6 is 23.2 Å². The molecule has 1 aromatic carbocycles. The number of piperazine rings is 1. The van der Waals surface area contributed by atoms with E-state index in [0.29, 0.717) is 41.9 Å². The number of halogens is 2. The number of hydrogen-bond donors (Lipinski definition) is 0. The minimum absolute atomic E-state index is 0.0200. The van der Waals surface area contributed by atoms with Crippen molar-refractivity contribution in [3.63, 3.8) is 0 Å². The first kappa shape index (κ1) is 22.7. The molecule has 4 heterocycles. The highest BCUT2D eigenvalue weighted by molar-refractivity contribution is 6.42. The summed E-state index contributed by atoms with van der Waals surface area (Å²) >= 11 is 12.2. The topological polar surface area (TPSA) is 79.1 Å². The Morgan fingerprint density at radius 1 is 1.00 bits per heavy atom. The number of hydrogen-bond acceptors (Lipinski definition) is 6. The van der Waals surface area contributed by atoms with E-state index in [0.717, 1.165) is 31.5 Å². The predicted octanol–water partition coefficient (Wildman–Crippen LogP) is 2.74. The zero-order chi connectivity index (χ0) is 22.9. The third-order valence-electron chi connectivity index (χ3n) is 6.92.